The van der Waals surface area contributed by atoms with E-state index in [1.54, 1.807) is 0 Å². The predicted octanol–water partition coefficient (Wildman–Crippen LogP) is 3.23. The van der Waals surface area contributed by atoms with Crippen molar-refractivity contribution in [2.75, 3.05) is 5.32 Å². The standard InChI is InChI=1S/C15H17F3N4O.ClH/c1-9(2)13(19)14(23)21-10-3-5-11(6-4-10)22-12(7-8-20-22)15(16,17)18;/h3-9,13H,19H2,1-2H3,(H,21,23);1H. The topological polar surface area (TPSA) is 72.9 Å². The average molecular weight is 363 g/mol. The van der Waals surface area contributed by atoms with Gasteiger partial charge in [-0.3, -0.25) is 4.79 Å². The molecule has 0 aliphatic heterocycles. The second-order valence-electron chi connectivity index (χ2n) is 5.43. The Bertz CT molecular complexity index is 683. The van der Waals surface area contributed by atoms with Crippen LogP contribution < -0.4 is 11.1 Å². The molecule has 0 radical (unpaired) electrons. The second kappa shape index (κ2) is 7.67. The van der Waals surface area contributed by atoms with E-state index in [2.05, 4.69) is 10.4 Å². The summed E-state index contributed by atoms with van der Waals surface area (Å²) in [6.45, 7) is 3.65. The molecule has 1 amide bonds. The number of carbonyl (C=O) groups excluding carboxylic acids is 1. The lowest BCUT2D eigenvalue weighted by Gasteiger charge is -2.15. The van der Waals surface area contributed by atoms with Crippen molar-refractivity contribution in [1.82, 2.24) is 9.78 Å². The van der Waals surface area contributed by atoms with Crippen LogP contribution in [0.15, 0.2) is 36.5 Å². The molecule has 0 saturated heterocycles. The molecule has 0 saturated carbocycles. The van der Waals surface area contributed by atoms with E-state index in [0.29, 0.717) is 5.69 Å². The number of rotatable bonds is 4. The molecule has 0 aliphatic rings. The Hall–Kier alpha value is -2.06. The van der Waals surface area contributed by atoms with Crippen molar-refractivity contribution in [2.45, 2.75) is 26.1 Å². The van der Waals surface area contributed by atoms with Crippen molar-refractivity contribution >= 4 is 24.0 Å². The SMILES string of the molecule is CC(C)C(N)C(=O)Nc1ccc(-n2nccc2C(F)(F)F)cc1.Cl. The van der Waals surface area contributed by atoms with Crippen LogP contribution >= 0.6 is 12.4 Å². The first kappa shape index (κ1) is 20.0. The Morgan fingerprint density at radius 3 is 2.29 bits per heavy atom. The second-order valence-corrected chi connectivity index (χ2v) is 5.43. The van der Waals surface area contributed by atoms with Crippen LogP contribution in [0.5, 0.6) is 0 Å². The molecule has 9 heteroatoms. The summed E-state index contributed by atoms with van der Waals surface area (Å²) >= 11 is 0. The number of anilines is 1. The fourth-order valence-electron chi connectivity index (χ4n) is 1.94. The van der Waals surface area contributed by atoms with Gasteiger partial charge in [-0.2, -0.15) is 18.3 Å². The van der Waals surface area contributed by atoms with Gasteiger partial charge in [-0.25, -0.2) is 4.68 Å². The Kier molecular flexibility index (Phi) is 6.39. The molecular weight excluding hydrogens is 345 g/mol. The van der Waals surface area contributed by atoms with Crippen LogP contribution in [0.4, 0.5) is 18.9 Å². The van der Waals surface area contributed by atoms with Crippen LogP contribution in [0.1, 0.15) is 19.5 Å². The largest absolute Gasteiger partial charge is 0.433 e. The van der Waals surface area contributed by atoms with Crippen LogP contribution in [0.3, 0.4) is 0 Å². The number of amides is 1. The minimum atomic E-state index is -4.49. The van der Waals surface area contributed by atoms with Crippen molar-refractivity contribution in [2.24, 2.45) is 11.7 Å². The van der Waals surface area contributed by atoms with E-state index >= 15 is 0 Å². The molecule has 1 aromatic heterocycles. The molecule has 1 aromatic carbocycles. The summed E-state index contributed by atoms with van der Waals surface area (Å²) in [5.41, 5.74) is 5.56. The van der Waals surface area contributed by atoms with Gasteiger partial charge in [0.2, 0.25) is 5.91 Å². The third-order valence-electron chi connectivity index (χ3n) is 3.33. The predicted molar refractivity (Wildman–Crippen MR) is 87.3 cm³/mol. The zero-order chi connectivity index (χ0) is 17.2. The highest BCUT2D eigenvalue weighted by atomic mass is 35.5. The van der Waals surface area contributed by atoms with E-state index in [-0.39, 0.29) is 29.9 Å². The number of nitrogens with two attached hydrogens (primary N) is 1. The number of aromatic nitrogens is 2. The zero-order valence-corrected chi connectivity index (χ0v) is 13.9. The van der Waals surface area contributed by atoms with E-state index in [4.69, 9.17) is 5.73 Å². The van der Waals surface area contributed by atoms with Gasteiger partial charge in [0, 0.05) is 5.69 Å². The van der Waals surface area contributed by atoms with Crippen LogP contribution in [0.2, 0.25) is 0 Å². The van der Waals surface area contributed by atoms with Crippen molar-refractivity contribution in [1.29, 1.82) is 0 Å². The first-order valence-corrected chi connectivity index (χ1v) is 6.98. The Morgan fingerprint density at radius 2 is 1.79 bits per heavy atom. The number of hydrogen-bond acceptors (Lipinski definition) is 3. The molecule has 0 aliphatic carbocycles. The van der Waals surface area contributed by atoms with Gasteiger partial charge < -0.3 is 11.1 Å². The number of nitrogens with one attached hydrogen (secondary N) is 1. The van der Waals surface area contributed by atoms with Crippen molar-refractivity contribution in [3.8, 4) is 5.69 Å². The van der Waals surface area contributed by atoms with Crippen LogP contribution in [-0.2, 0) is 11.0 Å². The number of alkyl halides is 3. The Balaban J connectivity index is 0.00000288. The van der Waals surface area contributed by atoms with Gasteiger partial charge >= 0.3 is 6.18 Å². The normalized spacial score (nSPS) is 12.6. The third kappa shape index (κ3) is 4.48. The van der Waals surface area contributed by atoms with Gasteiger partial charge in [0.1, 0.15) is 5.69 Å². The highest BCUT2D eigenvalue weighted by molar-refractivity contribution is 5.94. The molecule has 132 valence electrons. The molecule has 0 spiro atoms. The molecule has 3 N–H and O–H groups in total. The minimum absolute atomic E-state index is 0. The summed E-state index contributed by atoms with van der Waals surface area (Å²) in [5, 5.41) is 6.31. The minimum Gasteiger partial charge on any atom is -0.325 e. The van der Waals surface area contributed by atoms with Gasteiger partial charge in [-0.05, 0) is 36.2 Å². The summed E-state index contributed by atoms with van der Waals surface area (Å²) < 4.78 is 39.4. The van der Waals surface area contributed by atoms with Gasteiger partial charge in [-0.15, -0.1) is 12.4 Å². The van der Waals surface area contributed by atoms with E-state index in [9.17, 15) is 18.0 Å². The van der Waals surface area contributed by atoms with Crippen molar-refractivity contribution in [3.63, 3.8) is 0 Å². The lowest BCUT2D eigenvalue weighted by Crippen LogP contribution is -2.39. The van der Waals surface area contributed by atoms with Crippen LogP contribution in [-0.4, -0.2) is 21.7 Å². The fourth-order valence-corrected chi connectivity index (χ4v) is 1.94. The molecule has 0 bridgehead atoms. The molecule has 0 fully saturated rings. The van der Waals surface area contributed by atoms with E-state index < -0.39 is 17.9 Å². The fraction of sp³-hybridized carbons (Fsp3) is 0.333. The van der Waals surface area contributed by atoms with Gasteiger partial charge in [0.25, 0.3) is 0 Å². The number of nitrogens with zero attached hydrogens (tertiary/aromatic N) is 2. The van der Waals surface area contributed by atoms with Gasteiger partial charge in [0.05, 0.1) is 17.9 Å². The molecule has 5 nitrogen and oxygen atoms in total. The lowest BCUT2D eigenvalue weighted by atomic mass is 10.0. The van der Waals surface area contributed by atoms with Crippen LogP contribution in [0.25, 0.3) is 5.69 Å². The maximum Gasteiger partial charge on any atom is 0.433 e. The summed E-state index contributed by atoms with van der Waals surface area (Å²) in [4.78, 5) is 11.9. The number of halogens is 4. The molecule has 1 heterocycles. The maximum absolute atomic E-state index is 12.9. The molecule has 1 unspecified atom stereocenters. The monoisotopic (exact) mass is 362 g/mol. The Labute approximate surface area is 143 Å². The number of hydrogen-bond donors (Lipinski definition) is 2. The molecular formula is C15H18ClF3N4O. The summed E-state index contributed by atoms with van der Waals surface area (Å²) in [5.74, 6) is -0.365. The first-order chi connectivity index (χ1) is 10.7. The summed E-state index contributed by atoms with van der Waals surface area (Å²) in [7, 11) is 0. The molecule has 24 heavy (non-hydrogen) atoms. The molecule has 1 atom stereocenters. The highest BCUT2D eigenvalue weighted by Gasteiger charge is 2.35. The number of carbonyl (C=O) groups is 1. The van der Waals surface area contributed by atoms with E-state index in [1.165, 1.54) is 24.3 Å². The summed E-state index contributed by atoms with van der Waals surface area (Å²) in [6.07, 6.45) is -3.41. The number of benzene rings is 1. The van der Waals surface area contributed by atoms with Gasteiger partial charge in [-0.1, -0.05) is 13.8 Å². The highest BCUT2D eigenvalue weighted by Crippen LogP contribution is 2.30. The zero-order valence-electron chi connectivity index (χ0n) is 13.0. The molecule has 2 rings (SSSR count). The van der Waals surface area contributed by atoms with E-state index in [1.807, 2.05) is 13.8 Å². The summed E-state index contributed by atoms with van der Waals surface area (Å²) in [6, 6.07) is 6.14. The van der Waals surface area contributed by atoms with Gasteiger partial charge in [0.15, 0.2) is 0 Å². The lowest BCUT2D eigenvalue weighted by molar-refractivity contribution is -0.142. The van der Waals surface area contributed by atoms with Crippen molar-refractivity contribution < 1.29 is 18.0 Å². The average Bonchev–Trinajstić information content (AvgIpc) is 2.96. The van der Waals surface area contributed by atoms with Crippen molar-refractivity contribution in [3.05, 3.63) is 42.2 Å². The molecule has 2 aromatic rings. The Morgan fingerprint density at radius 1 is 1.21 bits per heavy atom. The first-order valence-electron chi connectivity index (χ1n) is 6.98. The smallest absolute Gasteiger partial charge is 0.325 e. The third-order valence-corrected chi connectivity index (χ3v) is 3.33. The van der Waals surface area contributed by atoms with E-state index in [0.717, 1.165) is 16.9 Å². The van der Waals surface area contributed by atoms with Crippen LogP contribution in [0, 0.1) is 5.92 Å². The quantitative estimate of drug-likeness (QED) is 0.877. The maximum atomic E-state index is 12.9.